The van der Waals surface area contributed by atoms with E-state index in [9.17, 15) is 14.0 Å². The minimum absolute atomic E-state index is 0.167. The van der Waals surface area contributed by atoms with Gasteiger partial charge in [0, 0.05) is 25.3 Å². The maximum Gasteiger partial charge on any atom is 0.313 e. The summed E-state index contributed by atoms with van der Waals surface area (Å²) in [6.45, 7) is 4.83. The number of anilines is 1. The molecule has 1 heterocycles. The number of para-hydroxylation sites is 1. The molecule has 1 saturated heterocycles. The molecule has 1 atom stereocenters. The van der Waals surface area contributed by atoms with Gasteiger partial charge in [-0.3, -0.25) is 14.5 Å². The maximum absolute atomic E-state index is 13.3. The largest absolute Gasteiger partial charge is 0.379 e. The Morgan fingerprint density at radius 2 is 1.76 bits per heavy atom. The lowest BCUT2D eigenvalue weighted by Crippen LogP contribution is -2.45. The second kappa shape index (κ2) is 10.1. The van der Waals surface area contributed by atoms with Crippen molar-refractivity contribution in [3.05, 3.63) is 65.5 Å². The highest BCUT2D eigenvalue weighted by atomic mass is 19.1. The van der Waals surface area contributed by atoms with Crippen molar-refractivity contribution in [3.8, 4) is 0 Å². The van der Waals surface area contributed by atoms with E-state index in [0.717, 1.165) is 17.5 Å². The summed E-state index contributed by atoms with van der Waals surface area (Å²) in [5.41, 5.74) is 2.48. The number of nitrogens with zero attached hydrogens (tertiary/aromatic N) is 1. The third kappa shape index (κ3) is 5.62. The molecule has 154 valence electrons. The van der Waals surface area contributed by atoms with Crippen LogP contribution in [-0.2, 0) is 20.7 Å². The highest BCUT2D eigenvalue weighted by molar-refractivity contribution is 6.39. The lowest BCUT2D eigenvalue weighted by molar-refractivity contribution is -0.136. The number of aryl methyl sites for hydroxylation is 1. The Kier molecular flexibility index (Phi) is 7.32. The minimum atomic E-state index is -0.703. The lowest BCUT2D eigenvalue weighted by Gasteiger charge is -2.34. The number of carbonyl (C=O) groups is 2. The summed E-state index contributed by atoms with van der Waals surface area (Å²) in [4.78, 5) is 26.9. The predicted molar refractivity (Wildman–Crippen MR) is 109 cm³/mol. The fourth-order valence-corrected chi connectivity index (χ4v) is 3.43. The van der Waals surface area contributed by atoms with Crippen molar-refractivity contribution in [1.29, 1.82) is 0 Å². The predicted octanol–water partition coefficient (Wildman–Crippen LogP) is 2.52. The zero-order valence-electron chi connectivity index (χ0n) is 16.5. The molecule has 0 bridgehead atoms. The summed E-state index contributed by atoms with van der Waals surface area (Å²) in [7, 11) is 0. The molecular formula is C22H26FN3O3. The van der Waals surface area contributed by atoms with Gasteiger partial charge < -0.3 is 15.4 Å². The molecule has 29 heavy (non-hydrogen) atoms. The van der Waals surface area contributed by atoms with Gasteiger partial charge in [0.05, 0.1) is 19.3 Å². The van der Waals surface area contributed by atoms with Gasteiger partial charge in [0.1, 0.15) is 5.82 Å². The quantitative estimate of drug-likeness (QED) is 0.733. The molecule has 1 fully saturated rings. The van der Waals surface area contributed by atoms with E-state index in [4.69, 9.17) is 4.74 Å². The normalized spacial score (nSPS) is 15.5. The second-order valence-corrected chi connectivity index (χ2v) is 6.89. The standard InChI is InChI=1S/C22H26FN3O3/c1-2-16-5-3-4-6-19(16)25-22(28)21(27)24-15-20(26-11-13-29-14-12-26)17-7-9-18(23)10-8-17/h3-10,20H,2,11-15H2,1H3,(H,24,27)(H,25,28)/t20-/m1/s1. The Labute approximate surface area is 170 Å². The first-order valence-corrected chi connectivity index (χ1v) is 9.83. The van der Waals surface area contributed by atoms with Crippen LogP contribution < -0.4 is 10.6 Å². The number of halogens is 1. The number of hydrogen-bond acceptors (Lipinski definition) is 4. The second-order valence-electron chi connectivity index (χ2n) is 6.89. The summed E-state index contributed by atoms with van der Waals surface area (Å²) in [6.07, 6.45) is 0.752. The molecule has 3 rings (SSSR count). The molecule has 0 saturated carbocycles. The van der Waals surface area contributed by atoms with Crippen LogP contribution in [0.3, 0.4) is 0 Å². The highest BCUT2D eigenvalue weighted by Gasteiger charge is 2.24. The monoisotopic (exact) mass is 399 g/mol. The van der Waals surface area contributed by atoms with Gasteiger partial charge in [-0.1, -0.05) is 37.3 Å². The summed E-state index contributed by atoms with van der Waals surface area (Å²) < 4.78 is 18.7. The molecule has 0 radical (unpaired) electrons. The van der Waals surface area contributed by atoms with Crippen LogP contribution in [0.15, 0.2) is 48.5 Å². The molecule has 1 aliphatic rings. The van der Waals surface area contributed by atoms with Crippen molar-refractivity contribution in [1.82, 2.24) is 10.2 Å². The van der Waals surface area contributed by atoms with E-state index in [2.05, 4.69) is 15.5 Å². The lowest BCUT2D eigenvalue weighted by atomic mass is 10.0. The molecule has 2 aromatic carbocycles. The van der Waals surface area contributed by atoms with E-state index >= 15 is 0 Å². The number of nitrogens with one attached hydrogen (secondary N) is 2. The van der Waals surface area contributed by atoms with Gasteiger partial charge in [0.2, 0.25) is 0 Å². The first-order chi connectivity index (χ1) is 14.1. The van der Waals surface area contributed by atoms with Crippen LogP contribution in [0.25, 0.3) is 0 Å². The van der Waals surface area contributed by atoms with Gasteiger partial charge in [0.25, 0.3) is 0 Å². The van der Waals surface area contributed by atoms with Crippen LogP contribution in [-0.4, -0.2) is 49.6 Å². The first kappa shape index (κ1) is 21.0. The number of morpholine rings is 1. The number of hydrogen-bond donors (Lipinski definition) is 2. The van der Waals surface area contributed by atoms with E-state index in [1.807, 2.05) is 25.1 Å². The molecule has 0 spiro atoms. The van der Waals surface area contributed by atoms with Crippen molar-refractivity contribution in [2.75, 3.05) is 38.2 Å². The smallest absolute Gasteiger partial charge is 0.313 e. The van der Waals surface area contributed by atoms with Gasteiger partial charge in [-0.2, -0.15) is 0 Å². The Bertz CT molecular complexity index is 835. The Hall–Kier alpha value is -2.77. The Morgan fingerprint density at radius 3 is 2.45 bits per heavy atom. The highest BCUT2D eigenvalue weighted by Crippen LogP contribution is 2.22. The van der Waals surface area contributed by atoms with E-state index in [-0.39, 0.29) is 18.4 Å². The van der Waals surface area contributed by atoms with Crippen molar-refractivity contribution < 1.29 is 18.7 Å². The van der Waals surface area contributed by atoms with Crippen molar-refractivity contribution in [3.63, 3.8) is 0 Å². The van der Waals surface area contributed by atoms with Crippen molar-refractivity contribution in [2.45, 2.75) is 19.4 Å². The van der Waals surface area contributed by atoms with Crippen LogP contribution in [0.4, 0.5) is 10.1 Å². The van der Waals surface area contributed by atoms with E-state index < -0.39 is 11.8 Å². The van der Waals surface area contributed by atoms with E-state index in [0.29, 0.717) is 32.0 Å². The topological polar surface area (TPSA) is 70.7 Å². The molecule has 0 aliphatic carbocycles. The summed E-state index contributed by atoms with van der Waals surface area (Å²) in [5.74, 6) is -1.71. The molecule has 0 aromatic heterocycles. The fourth-order valence-electron chi connectivity index (χ4n) is 3.43. The molecule has 1 aliphatic heterocycles. The third-order valence-electron chi connectivity index (χ3n) is 5.05. The molecule has 7 heteroatoms. The third-order valence-corrected chi connectivity index (χ3v) is 5.05. The van der Waals surface area contributed by atoms with Gasteiger partial charge >= 0.3 is 11.8 Å². The number of rotatable bonds is 6. The molecule has 0 unspecified atom stereocenters. The number of carbonyl (C=O) groups excluding carboxylic acids is 2. The van der Waals surface area contributed by atoms with E-state index in [1.165, 1.54) is 12.1 Å². The van der Waals surface area contributed by atoms with Gasteiger partial charge in [-0.25, -0.2) is 4.39 Å². The van der Waals surface area contributed by atoms with Gasteiger partial charge in [-0.05, 0) is 35.7 Å². The van der Waals surface area contributed by atoms with Gasteiger partial charge in [-0.15, -0.1) is 0 Å². The molecule has 2 amide bonds. The average Bonchev–Trinajstić information content (AvgIpc) is 2.76. The Morgan fingerprint density at radius 1 is 1.07 bits per heavy atom. The molecule has 6 nitrogen and oxygen atoms in total. The first-order valence-electron chi connectivity index (χ1n) is 9.83. The summed E-state index contributed by atoms with van der Waals surface area (Å²) >= 11 is 0. The minimum Gasteiger partial charge on any atom is -0.379 e. The van der Waals surface area contributed by atoms with Crippen LogP contribution in [0.5, 0.6) is 0 Å². The van der Waals surface area contributed by atoms with Crippen molar-refractivity contribution in [2.24, 2.45) is 0 Å². The summed E-state index contributed by atoms with van der Waals surface area (Å²) in [5, 5.41) is 5.40. The maximum atomic E-state index is 13.3. The summed E-state index contributed by atoms with van der Waals surface area (Å²) in [6, 6.07) is 13.4. The average molecular weight is 399 g/mol. The van der Waals surface area contributed by atoms with Crippen molar-refractivity contribution >= 4 is 17.5 Å². The zero-order chi connectivity index (χ0) is 20.6. The van der Waals surface area contributed by atoms with Crippen LogP contribution >= 0.6 is 0 Å². The zero-order valence-corrected chi connectivity index (χ0v) is 16.5. The number of amides is 2. The molecule has 2 N–H and O–H groups in total. The molecule has 2 aromatic rings. The number of benzene rings is 2. The van der Waals surface area contributed by atoms with Crippen LogP contribution in [0.1, 0.15) is 24.1 Å². The van der Waals surface area contributed by atoms with Crippen LogP contribution in [0.2, 0.25) is 0 Å². The molecular weight excluding hydrogens is 373 g/mol. The Balaban J connectivity index is 1.65. The number of ether oxygens (including phenoxy) is 1. The SMILES string of the molecule is CCc1ccccc1NC(=O)C(=O)NC[C@H](c1ccc(F)cc1)N1CCOCC1. The fraction of sp³-hybridized carbons (Fsp3) is 0.364. The van der Waals surface area contributed by atoms with Crippen LogP contribution in [0, 0.1) is 5.82 Å². The van der Waals surface area contributed by atoms with E-state index in [1.54, 1.807) is 18.2 Å². The van der Waals surface area contributed by atoms with Gasteiger partial charge in [0.15, 0.2) is 0 Å².